The number of H-pyrrole nitrogens is 1. The molecule has 0 aliphatic carbocycles. The Morgan fingerprint density at radius 3 is 2.71 bits per heavy atom. The molecular formula is C20H19F3N4O3S. The summed E-state index contributed by atoms with van der Waals surface area (Å²) in [6.07, 6.45) is -2.03. The van der Waals surface area contributed by atoms with Crippen LogP contribution in [0.15, 0.2) is 24.4 Å². The molecule has 3 heterocycles. The maximum absolute atomic E-state index is 13.2. The van der Waals surface area contributed by atoms with E-state index in [4.69, 9.17) is 9.47 Å². The molecule has 0 radical (unpaired) electrons. The van der Waals surface area contributed by atoms with Crippen LogP contribution in [0.3, 0.4) is 0 Å². The number of hydrogen-bond acceptors (Lipinski definition) is 6. The highest BCUT2D eigenvalue weighted by Crippen LogP contribution is 2.52. The quantitative estimate of drug-likeness (QED) is 0.554. The zero-order valence-corrected chi connectivity index (χ0v) is 17.7. The minimum absolute atomic E-state index is 0.130. The van der Waals surface area contributed by atoms with Crippen molar-refractivity contribution in [2.45, 2.75) is 38.5 Å². The van der Waals surface area contributed by atoms with Crippen molar-refractivity contribution < 1.29 is 27.4 Å². The molecule has 0 saturated carbocycles. The summed E-state index contributed by atoms with van der Waals surface area (Å²) in [6.45, 7) is 3.81. The predicted molar refractivity (Wildman–Crippen MR) is 109 cm³/mol. The number of nitrogens with zero attached hydrogens (tertiary/aromatic N) is 2. The summed E-state index contributed by atoms with van der Waals surface area (Å²) in [5.41, 5.74) is -0.442. The second kappa shape index (κ2) is 7.56. The molecule has 0 saturated heterocycles. The first kappa shape index (κ1) is 21.2. The van der Waals surface area contributed by atoms with Crippen molar-refractivity contribution in [3.63, 3.8) is 0 Å². The van der Waals surface area contributed by atoms with E-state index >= 15 is 0 Å². The van der Waals surface area contributed by atoms with Crippen molar-refractivity contribution in [1.29, 1.82) is 0 Å². The number of benzene rings is 1. The Bertz CT molecular complexity index is 1140. The number of alkyl halides is 3. The van der Waals surface area contributed by atoms with Crippen molar-refractivity contribution in [2.75, 3.05) is 12.4 Å². The molecule has 0 bridgehead atoms. The van der Waals surface area contributed by atoms with Gasteiger partial charge in [-0.15, -0.1) is 5.10 Å². The van der Waals surface area contributed by atoms with E-state index in [1.165, 1.54) is 30.7 Å². The topological polar surface area (TPSA) is 89.1 Å². The van der Waals surface area contributed by atoms with Gasteiger partial charge in [-0.25, -0.2) is 4.98 Å². The summed E-state index contributed by atoms with van der Waals surface area (Å²) >= 11 is 1.24. The molecule has 2 aromatic heterocycles. The summed E-state index contributed by atoms with van der Waals surface area (Å²) in [4.78, 5) is 17.9. The Hall–Kier alpha value is -3.08. The Morgan fingerprint density at radius 1 is 1.32 bits per heavy atom. The lowest BCUT2D eigenvalue weighted by Gasteiger charge is -2.36. The maximum Gasteiger partial charge on any atom is 0.416 e. The molecule has 7 nitrogen and oxygen atoms in total. The molecule has 1 aliphatic rings. The second-order valence-corrected chi connectivity index (χ2v) is 7.97. The Balaban J connectivity index is 1.77. The van der Waals surface area contributed by atoms with Gasteiger partial charge < -0.3 is 9.47 Å². The summed E-state index contributed by atoms with van der Waals surface area (Å²) in [7, 11) is 1.40. The van der Waals surface area contributed by atoms with Crippen LogP contribution in [0, 0.1) is 0 Å². The highest BCUT2D eigenvalue weighted by Gasteiger charge is 2.42. The van der Waals surface area contributed by atoms with Gasteiger partial charge in [0.25, 0.3) is 5.91 Å². The number of methoxy groups -OCH3 is 1. The summed E-state index contributed by atoms with van der Waals surface area (Å²) < 4.78 is 50.8. The first-order valence-electron chi connectivity index (χ1n) is 9.53. The minimum atomic E-state index is -4.48. The van der Waals surface area contributed by atoms with Crippen LogP contribution in [-0.2, 0) is 11.8 Å². The zero-order chi connectivity index (χ0) is 22.4. The number of ether oxygens (including phenoxy) is 2. The van der Waals surface area contributed by atoms with E-state index in [9.17, 15) is 18.0 Å². The summed E-state index contributed by atoms with van der Waals surface area (Å²) in [6, 6.07) is 3.37. The number of fused-ring (bicyclic) bond motifs is 3. The van der Waals surface area contributed by atoms with E-state index in [0.717, 1.165) is 17.0 Å². The summed E-state index contributed by atoms with van der Waals surface area (Å²) in [5.74, 6) is -0.196. The van der Waals surface area contributed by atoms with Gasteiger partial charge in [-0.2, -0.15) is 13.2 Å². The number of hydrogen-bond donors (Lipinski definition) is 2. The largest absolute Gasteiger partial charge is 0.481 e. The number of nitrogens with one attached hydrogen (secondary N) is 2. The fourth-order valence-electron chi connectivity index (χ4n) is 3.58. The van der Waals surface area contributed by atoms with Crippen LogP contribution in [0.1, 0.15) is 47.5 Å². The maximum atomic E-state index is 13.2. The van der Waals surface area contributed by atoms with E-state index in [1.54, 1.807) is 0 Å². The normalized spacial score (nSPS) is 14.4. The van der Waals surface area contributed by atoms with Gasteiger partial charge >= 0.3 is 6.18 Å². The van der Waals surface area contributed by atoms with Crippen molar-refractivity contribution in [3.8, 4) is 22.9 Å². The van der Waals surface area contributed by atoms with Crippen LogP contribution >= 0.6 is 11.3 Å². The number of aromatic nitrogens is 3. The van der Waals surface area contributed by atoms with Crippen LogP contribution in [-0.4, -0.2) is 28.2 Å². The number of carbonyl (C=O) groups is 1. The smallest absolute Gasteiger partial charge is 0.416 e. The number of carbonyl (C=O) groups excluding carboxylic acids is 1. The van der Waals surface area contributed by atoms with Crippen LogP contribution < -0.4 is 14.8 Å². The zero-order valence-electron chi connectivity index (χ0n) is 16.9. The third-order valence-corrected chi connectivity index (χ3v) is 6.47. The van der Waals surface area contributed by atoms with E-state index in [1.807, 2.05) is 13.8 Å². The lowest BCUT2D eigenvalue weighted by Crippen LogP contribution is -2.34. The molecule has 1 amide bonds. The lowest BCUT2D eigenvalue weighted by molar-refractivity contribution is -0.137. The van der Waals surface area contributed by atoms with Crippen molar-refractivity contribution in [1.82, 2.24) is 15.2 Å². The average molecular weight is 452 g/mol. The van der Waals surface area contributed by atoms with Crippen molar-refractivity contribution in [3.05, 3.63) is 40.4 Å². The molecule has 3 aromatic rings. The second-order valence-electron chi connectivity index (χ2n) is 6.97. The fraction of sp³-hybridized carbons (Fsp3) is 0.350. The van der Waals surface area contributed by atoms with Gasteiger partial charge in [0.2, 0.25) is 5.88 Å². The number of rotatable bonds is 5. The van der Waals surface area contributed by atoms with Gasteiger partial charge in [0, 0.05) is 11.8 Å². The van der Waals surface area contributed by atoms with Gasteiger partial charge in [-0.3, -0.25) is 15.2 Å². The molecule has 0 unspecified atom stereocenters. The monoisotopic (exact) mass is 452 g/mol. The van der Waals surface area contributed by atoms with E-state index < -0.39 is 23.2 Å². The van der Waals surface area contributed by atoms with Crippen LogP contribution in [0.25, 0.3) is 11.3 Å². The molecule has 0 fully saturated rings. The molecule has 164 valence electrons. The Labute approximate surface area is 179 Å². The molecular weight excluding hydrogens is 433 g/mol. The molecule has 0 spiro atoms. The van der Waals surface area contributed by atoms with Gasteiger partial charge in [-0.05, 0) is 31.0 Å². The standard InChI is InChI=1S/C20H19F3N4O3S/c1-4-19(5-2)15-14(11-7-6-10(20(21,22)23)8-13(11)30-19)25-18(31-15)26-16(28)12-9-24-27-17(12)29-3/h6-9H,4-5H2,1-3H3,(H,24,27)(H,25,26,28). The highest BCUT2D eigenvalue weighted by molar-refractivity contribution is 7.16. The number of anilines is 1. The molecule has 1 aliphatic heterocycles. The number of thiazole rings is 1. The molecule has 11 heteroatoms. The van der Waals surface area contributed by atoms with Crippen LogP contribution in [0.4, 0.5) is 18.3 Å². The Kier molecular flexibility index (Phi) is 5.16. The van der Waals surface area contributed by atoms with Gasteiger partial charge in [0.05, 0.1) is 23.2 Å². The lowest BCUT2D eigenvalue weighted by atomic mass is 9.89. The average Bonchev–Trinajstić information content (AvgIpc) is 3.39. The van der Waals surface area contributed by atoms with E-state index in [-0.39, 0.29) is 17.2 Å². The molecule has 1 aromatic carbocycles. The first-order chi connectivity index (χ1) is 14.7. The number of amides is 1. The third-order valence-electron chi connectivity index (χ3n) is 5.32. The van der Waals surface area contributed by atoms with Gasteiger partial charge in [0.1, 0.15) is 16.9 Å². The van der Waals surface area contributed by atoms with Gasteiger partial charge in [-0.1, -0.05) is 25.2 Å². The van der Waals surface area contributed by atoms with Crippen molar-refractivity contribution in [2.24, 2.45) is 0 Å². The highest BCUT2D eigenvalue weighted by atomic mass is 32.1. The SMILES string of the molecule is CCC1(CC)Oc2cc(C(F)(F)F)ccc2-c2nc(NC(=O)c3c[nH]nc3OC)sc21. The van der Waals surface area contributed by atoms with Crippen molar-refractivity contribution >= 4 is 22.4 Å². The molecule has 2 N–H and O–H groups in total. The van der Waals surface area contributed by atoms with Gasteiger partial charge in [0.15, 0.2) is 5.13 Å². The fourth-order valence-corrected chi connectivity index (χ4v) is 4.82. The molecule has 4 rings (SSSR count). The van der Waals surface area contributed by atoms with E-state index in [2.05, 4.69) is 20.5 Å². The van der Waals surface area contributed by atoms with Crippen LogP contribution in [0.2, 0.25) is 0 Å². The predicted octanol–water partition coefficient (Wildman–Crippen LogP) is 5.22. The Morgan fingerprint density at radius 2 is 2.06 bits per heavy atom. The summed E-state index contributed by atoms with van der Waals surface area (Å²) in [5, 5.41) is 9.42. The molecule has 31 heavy (non-hydrogen) atoms. The first-order valence-corrected chi connectivity index (χ1v) is 10.3. The van der Waals surface area contributed by atoms with E-state index in [0.29, 0.717) is 29.2 Å². The minimum Gasteiger partial charge on any atom is -0.481 e. The number of aromatic amines is 1. The van der Waals surface area contributed by atoms with Crippen LogP contribution in [0.5, 0.6) is 11.6 Å². The molecule has 0 atom stereocenters. The third kappa shape index (κ3) is 3.52. The number of halogens is 3.